The Kier molecular flexibility index (Phi) is 5.15. The van der Waals surface area contributed by atoms with Crippen LogP contribution in [0.25, 0.3) is 0 Å². The lowest BCUT2D eigenvalue weighted by Crippen LogP contribution is -2.39. The molecule has 0 amide bonds. The van der Waals surface area contributed by atoms with Crippen molar-refractivity contribution in [2.45, 2.75) is 26.9 Å². The number of nitrogens with zero attached hydrogens (tertiary/aromatic N) is 1. The van der Waals surface area contributed by atoms with Gasteiger partial charge in [0.1, 0.15) is 5.75 Å². The van der Waals surface area contributed by atoms with E-state index in [1.165, 1.54) is 0 Å². The lowest BCUT2D eigenvalue weighted by Gasteiger charge is -2.25. The van der Waals surface area contributed by atoms with Crippen molar-refractivity contribution in [2.24, 2.45) is 0 Å². The molecule has 1 fully saturated rings. The summed E-state index contributed by atoms with van der Waals surface area (Å²) >= 11 is 0. The van der Waals surface area contributed by atoms with E-state index < -0.39 is 0 Å². The number of aryl methyl sites for hydroxylation is 1. The lowest BCUT2D eigenvalue weighted by atomic mass is 10.1. The summed E-state index contributed by atoms with van der Waals surface area (Å²) in [6.07, 6.45) is 0.142. The van der Waals surface area contributed by atoms with E-state index in [-0.39, 0.29) is 11.9 Å². The van der Waals surface area contributed by atoms with Crippen LogP contribution < -0.4 is 4.74 Å². The molecule has 0 N–H and O–H groups in total. The quantitative estimate of drug-likeness (QED) is 0.774. The van der Waals surface area contributed by atoms with Gasteiger partial charge in [-0.2, -0.15) is 0 Å². The maximum atomic E-state index is 12.3. The normalized spacial score (nSPS) is 16.4. The Hall–Kier alpha value is -1.39. The molecule has 1 aromatic carbocycles. The molecule has 4 heteroatoms. The van der Waals surface area contributed by atoms with Gasteiger partial charge in [0.25, 0.3) is 0 Å². The minimum atomic E-state index is 0.142. The van der Waals surface area contributed by atoms with Crippen molar-refractivity contribution in [2.75, 3.05) is 32.8 Å². The maximum absolute atomic E-state index is 12.3. The van der Waals surface area contributed by atoms with Gasteiger partial charge in [0, 0.05) is 18.7 Å². The number of ether oxygens (including phenoxy) is 2. The second-order valence-corrected chi connectivity index (χ2v) is 5.46. The molecule has 0 bridgehead atoms. The van der Waals surface area contributed by atoms with Gasteiger partial charge >= 0.3 is 0 Å². The minimum absolute atomic E-state index is 0.142. The van der Waals surface area contributed by atoms with E-state index in [4.69, 9.17) is 9.47 Å². The van der Waals surface area contributed by atoms with Crippen molar-refractivity contribution in [1.29, 1.82) is 0 Å². The second-order valence-electron chi connectivity index (χ2n) is 5.46. The smallest absolute Gasteiger partial charge is 0.176 e. The van der Waals surface area contributed by atoms with E-state index in [9.17, 15) is 4.79 Å². The molecule has 2 rings (SSSR count). The summed E-state index contributed by atoms with van der Waals surface area (Å²) in [4.78, 5) is 14.4. The van der Waals surface area contributed by atoms with Crippen molar-refractivity contribution in [3.63, 3.8) is 0 Å². The fourth-order valence-electron chi connectivity index (χ4n) is 2.26. The minimum Gasteiger partial charge on any atom is -0.491 e. The summed E-state index contributed by atoms with van der Waals surface area (Å²) in [7, 11) is 0. The van der Waals surface area contributed by atoms with Gasteiger partial charge in [-0.05, 0) is 44.5 Å². The fourth-order valence-corrected chi connectivity index (χ4v) is 2.26. The van der Waals surface area contributed by atoms with Crippen LogP contribution in [0.2, 0.25) is 0 Å². The number of carbonyl (C=O) groups excluding carboxylic acids is 1. The van der Waals surface area contributed by atoms with Crippen molar-refractivity contribution in [3.05, 3.63) is 29.3 Å². The Labute approximate surface area is 120 Å². The third-order valence-electron chi connectivity index (χ3n) is 3.33. The number of ketones is 1. The first-order valence-corrected chi connectivity index (χ1v) is 7.17. The average Bonchev–Trinajstić information content (AvgIpc) is 2.41. The van der Waals surface area contributed by atoms with E-state index in [1.54, 1.807) is 0 Å². The highest BCUT2D eigenvalue weighted by atomic mass is 16.5. The monoisotopic (exact) mass is 277 g/mol. The van der Waals surface area contributed by atoms with Gasteiger partial charge in [-0.15, -0.1) is 0 Å². The van der Waals surface area contributed by atoms with Gasteiger partial charge in [0.15, 0.2) is 5.78 Å². The van der Waals surface area contributed by atoms with Crippen LogP contribution >= 0.6 is 0 Å². The van der Waals surface area contributed by atoms with Gasteiger partial charge in [-0.3, -0.25) is 9.69 Å². The first kappa shape index (κ1) is 15.0. The molecule has 1 aliphatic heterocycles. The zero-order valence-corrected chi connectivity index (χ0v) is 12.5. The van der Waals surface area contributed by atoms with Crippen LogP contribution in [-0.4, -0.2) is 49.6 Å². The van der Waals surface area contributed by atoms with Crippen molar-refractivity contribution >= 4 is 5.78 Å². The SMILES string of the molecule is Cc1cc(C(=O)CN2CCOCC2)ccc1OC(C)C. The summed E-state index contributed by atoms with van der Waals surface area (Å²) in [6.45, 7) is 9.53. The molecule has 0 unspecified atom stereocenters. The molecule has 0 spiro atoms. The van der Waals surface area contributed by atoms with Crippen LogP contribution in [0.5, 0.6) is 5.75 Å². The van der Waals surface area contributed by atoms with Crippen molar-refractivity contribution < 1.29 is 14.3 Å². The maximum Gasteiger partial charge on any atom is 0.176 e. The van der Waals surface area contributed by atoms with E-state index >= 15 is 0 Å². The standard InChI is InChI=1S/C16H23NO3/c1-12(2)20-16-5-4-14(10-13(16)3)15(18)11-17-6-8-19-9-7-17/h4-5,10,12H,6-9,11H2,1-3H3. The van der Waals surface area contributed by atoms with Gasteiger partial charge in [0.2, 0.25) is 0 Å². The summed E-state index contributed by atoms with van der Waals surface area (Å²) in [5.41, 5.74) is 1.76. The molecule has 4 nitrogen and oxygen atoms in total. The van der Waals surface area contributed by atoms with Crippen LogP contribution in [0.15, 0.2) is 18.2 Å². The molecule has 110 valence electrons. The predicted molar refractivity (Wildman–Crippen MR) is 78.5 cm³/mol. The Morgan fingerprint density at radius 2 is 2.05 bits per heavy atom. The summed E-state index contributed by atoms with van der Waals surface area (Å²) in [6, 6.07) is 5.66. The molecular formula is C16H23NO3. The van der Waals surface area contributed by atoms with Gasteiger partial charge in [-0.25, -0.2) is 0 Å². The van der Waals surface area contributed by atoms with Crippen LogP contribution in [0.3, 0.4) is 0 Å². The number of hydrogen-bond donors (Lipinski definition) is 0. The molecule has 0 atom stereocenters. The molecule has 1 aliphatic rings. The number of benzene rings is 1. The van der Waals surface area contributed by atoms with Crippen LogP contribution in [0.4, 0.5) is 0 Å². The average molecular weight is 277 g/mol. The van der Waals surface area contributed by atoms with Crippen molar-refractivity contribution in [1.82, 2.24) is 4.90 Å². The molecule has 0 aliphatic carbocycles. The number of rotatable bonds is 5. The molecule has 1 saturated heterocycles. The largest absolute Gasteiger partial charge is 0.491 e. The van der Waals surface area contributed by atoms with E-state index in [0.717, 1.165) is 30.0 Å². The Morgan fingerprint density at radius 1 is 1.35 bits per heavy atom. The molecular weight excluding hydrogens is 254 g/mol. The number of morpholine rings is 1. The Balaban J connectivity index is 2.01. The first-order chi connectivity index (χ1) is 9.56. The molecule has 0 saturated carbocycles. The Morgan fingerprint density at radius 3 is 2.65 bits per heavy atom. The van der Waals surface area contributed by atoms with Crippen molar-refractivity contribution in [3.8, 4) is 5.75 Å². The first-order valence-electron chi connectivity index (χ1n) is 7.17. The predicted octanol–water partition coefficient (Wildman–Crippen LogP) is 2.30. The van der Waals surface area contributed by atoms with E-state index in [1.807, 2.05) is 39.0 Å². The highest BCUT2D eigenvalue weighted by Crippen LogP contribution is 2.21. The Bertz CT molecular complexity index is 465. The topological polar surface area (TPSA) is 38.8 Å². The molecule has 1 aromatic rings. The number of hydrogen-bond acceptors (Lipinski definition) is 4. The van der Waals surface area contributed by atoms with Crippen LogP contribution in [0, 0.1) is 6.92 Å². The fraction of sp³-hybridized carbons (Fsp3) is 0.562. The highest BCUT2D eigenvalue weighted by Gasteiger charge is 2.16. The number of Topliss-reactive ketones (excluding diaryl/α,β-unsaturated/α-hetero) is 1. The van der Waals surface area contributed by atoms with Crippen LogP contribution in [0.1, 0.15) is 29.8 Å². The highest BCUT2D eigenvalue weighted by molar-refractivity contribution is 5.98. The molecule has 0 aromatic heterocycles. The summed E-state index contributed by atoms with van der Waals surface area (Å²) < 4.78 is 11.0. The zero-order valence-electron chi connectivity index (χ0n) is 12.5. The third kappa shape index (κ3) is 4.05. The summed E-state index contributed by atoms with van der Waals surface area (Å²) in [5.74, 6) is 1.01. The summed E-state index contributed by atoms with van der Waals surface area (Å²) in [5, 5.41) is 0. The van der Waals surface area contributed by atoms with Crippen LogP contribution in [-0.2, 0) is 4.74 Å². The number of carbonyl (C=O) groups is 1. The molecule has 0 radical (unpaired) electrons. The van der Waals surface area contributed by atoms with E-state index in [2.05, 4.69) is 4.90 Å². The van der Waals surface area contributed by atoms with E-state index in [0.29, 0.717) is 19.8 Å². The van der Waals surface area contributed by atoms with Gasteiger partial charge < -0.3 is 9.47 Å². The third-order valence-corrected chi connectivity index (χ3v) is 3.33. The molecule has 1 heterocycles. The lowest BCUT2D eigenvalue weighted by molar-refractivity contribution is 0.0371. The molecule has 20 heavy (non-hydrogen) atoms. The second kappa shape index (κ2) is 6.86. The van der Waals surface area contributed by atoms with Gasteiger partial charge in [-0.1, -0.05) is 0 Å². The zero-order chi connectivity index (χ0) is 14.5. The van der Waals surface area contributed by atoms with Gasteiger partial charge in [0.05, 0.1) is 25.9 Å².